The second-order valence-corrected chi connectivity index (χ2v) is 7.21. The van der Waals surface area contributed by atoms with Crippen molar-refractivity contribution in [2.24, 2.45) is 0 Å². The van der Waals surface area contributed by atoms with Crippen molar-refractivity contribution >= 4 is 28.7 Å². The summed E-state index contributed by atoms with van der Waals surface area (Å²) < 4.78 is 12.7. The number of imidazole rings is 1. The molecule has 1 unspecified atom stereocenters. The van der Waals surface area contributed by atoms with E-state index >= 15 is 0 Å². The predicted molar refractivity (Wildman–Crippen MR) is 99.4 cm³/mol. The maximum Gasteiger partial charge on any atom is 0.167 e. The van der Waals surface area contributed by atoms with Gasteiger partial charge in [-0.25, -0.2) is 15.0 Å². The smallest absolute Gasteiger partial charge is 0.167 e. The number of benzene rings is 1. The van der Waals surface area contributed by atoms with Gasteiger partial charge in [-0.2, -0.15) is 0 Å². The standard InChI is InChI=1S/C17H19N5O4S/c1-25-9-3-2-4-10(5-9)27-6-11-13(23)14(24)17(26-11)22-8-21-12-15(18)19-7-20-16(12)22/h2-5,7-8,11,13-14,17,23-24H,6H2,1H3,(H2,18,19,20)/t11-,13-,14-,17?/m1/s1. The lowest BCUT2D eigenvalue weighted by molar-refractivity contribution is -0.0289. The molecular formula is C17H19N5O4S. The normalized spacial score (nSPS) is 25.1. The van der Waals surface area contributed by atoms with E-state index in [0.717, 1.165) is 10.6 Å². The van der Waals surface area contributed by atoms with E-state index in [2.05, 4.69) is 15.0 Å². The van der Waals surface area contributed by atoms with Crippen LogP contribution in [0.5, 0.6) is 5.75 Å². The number of anilines is 1. The first-order valence-corrected chi connectivity index (χ1v) is 9.28. The number of thioether (sulfide) groups is 1. The third-order valence-corrected chi connectivity index (χ3v) is 5.54. The molecule has 9 nitrogen and oxygen atoms in total. The van der Waals surface area contributed by atoms with Crippen LogP contribution < -0.4 is 10.5 Å². The van der Waals surface area contributed by atoms with Gasteiger partial charge in [-0.05, 0) is 18.2 Å². The van der Waals surface area contributed by atoms with E-state index in [9.17, 15) is 10.2 Å². The first-order valence-electron chi connectivity index (χ1n) is 8.30. The molecule has 1 aliphatic rings. The third kappa shape index (κ3) is 3.32. The summed E-state index contributed by atoms with van der Waals surface area (Å²) in [4.78, 5) is 13.2. The molecule has 4 rings (SSSR count). The quantitative estimate of drug-likeness (QED) is 0.543. The predicted octanol–water partition coefficient (Wildman–Crippen LogP) is 0.829. The van der Waals surface area contributed by atoms with Gasteiger partial charge in [0.05, 0.1) is 19.5 Å². The maximum absolute atomic E-state index is 10.5. The number of aliphatic hydroxyl groups excluding tert-OH is 2. The number of nitrogens with zero attached hydrogens (tertiary/aromatic N) is 4. The maximum atomic E-state index is 10.5. The molecule has 0 amide bonds. The van der Waals surface area contributed by atoms with Crippen LogP contribution in [-0.4, -0.2) is 60.9 Å². The number of hydrogen-bond donors (Lipinski definition) is 3. The first kappa shape index (κ1) is 18.0. The second-order valence-electron chi connectivity index (χ2n) is 6.12. The largest absolute Gasteiger partial charge is 0.497 e. The Kier molecular flexibility index (Phi) is 4.87. The van der Waals surface area contributed by atoms with Crippen molar-refractivity contribution in [2.45, 2.75) is 29.4 Å². The van der Waals surface area contributed by atoms with Gasteiger partial charge >= 0.3 is 0 Å². The van der Waals surface area contributed by atoms with Crippen molar-refractivity contribution in [3.63, 3.8) is 0 Å². The number of fused-ring (bicyclic) bond motifs is 1. The molecule has 3 aromatic rings. The van der Waals surface area contributed by atoms with Crippen molar-refractivity contribution in [2.75, 3.05) is 18.6 Å². The molecule has 4 N–H and O–H groups in total. The van der Waals surface area contributed by atoms with Crippen molar-refractivity contribution < 1.29 is 19.7 Å². The highest BCUT2D eigenvalue weighted by Gasteiger charge is 2.44. The summed E-state index contributed by atoms with van der Waals surface area (Å²) in [6, 6.07) is 7.61. The SMILES string of the molecule is COc1cccc(SC[C@H]2OC(n3cnc4c(N)ncnc43)[C@H](O)[C@@H]2O)c1. The Labute approximate surface area is 159 Å². The number of aliphatic hydroxyl groups is 2. The van der Waals surface area contributed by atoms with Crippen LogP contribution in [0.1, 0.15) is 6.23 Å². The topological polar surface area (TPSA) is 129 Å². The molecule has 27 heavy (non-hydrogen) atoms. The molecule has 0 aliphatic carbocycles. The van der Waals surface area contributed by atoms with Crippen LogP contribution >= 0.6 is 11.8 Å². The Morgan fingerprint density at radius 2 is 2.11 bits per heavy atom. The highest BCUT2D eigenvalue weighted by Crippen LogP contribution is 2.35. The molecule has 3 heterocycles. The molecule has 0 saturated carbocycles. The minimum Gasteiger partial charge on any atom is -0.497 e. The number of nitrogens with two attached hydrogens (primary N) is 1. The zero-order valence-electron chi connectivity index (χ0n) is 14.5. The fourth-order valence-corrected chi connectivity index (χ4v) is 4.03. The van der Waals surface area contributed by atoms with Crippen LogP contribution in [0.25, 0.3) is 11.2 Å². The number of rotatable bonds is 5. The number of ether oxygens (including phenoxy) is 2. The minimum absolute atomic E-state index is 0.247. The second kappa shape index (κ2) is 7.31. The molecule has 1 fully saturated rings. The van der Waals surface area contributed by atoms with E-state index in [1.54, 1.807) is 11.7 Å². The lowest BCUT2D eigenvalue weighted by Gasteiger charge is -2.16. The lowest BCUT2D eigenvalue weighted by Crippen LogP contribution is -2.32. The van der Waals surface area contributed by atoms with Gasteiger partial charge in [-0.1, -0.05) is 6.07 Å². The Bertz CT molecular complexity index is 952. The van der Waals surface area contributed by atoms with Crippen molar-refractivity contribution in [3.05, 3.63) is 36.9 Å². The number of hydrogen-bond acceptors (Lipinski definition) is 9. The Morgan fingerprint density at radius 1 is 1.26 bits per heavy atom. The monoisotopic (exact) mass is 389 g/mol. The van der Waals surface area contributed by atoms with E-state index in [-0.39, 0.29) is 5.82 Å². The molecule has 10 heteroatoms. The van der Waals surface area contributed by atoms with Crippen molar-refractivity contribution in [1.82, 2.24) is 19.5 Å². The summed E-state index contributed by atoms with van der Waals surface area (Å²) >= 11 is 1.51. The lowest BCUT2D eigenvalue weighted by atomic mass is 10.1. The van der Waals surface area contributed by atoms with E-state index < -0.39 is 24.5 Å². The highest BCUT2D eigenvalue weighted by atomic mass is 32.2. The molecule has 1 aromatic carbocycles. The fourth-order valence-electron chi connectivity index (χ4n) is 3.02. The molecule has 0 bridgehead atoms. The van der Waals surface area contributed by atoms with Gasteiger partial charge < -0.3 is 25.4 Å². The van der Waals surface area contributed by atoms with Crippen LogP contribution in [0.2, 0.25) is 0 Å². The molecule has 142 valence electrons. The van der Waals surface area contributed by atoms with Crippen LogP contribution in [-0.2, 0) is 4.74 Å². The Hall–Kier alpha value is -2.40. The summed E-state index contributed by atoms with van der Waals surface area (Å²) in [5, 5.41) is 20.9. The minimum atomic E-state index is -1.12. The van der Waals surface area contributed by atoms with Gasteiger partial charge in [0.1, 0.15) is 29.8 Å². The Morgan fingerprint density at radius 3 is 2.93 bits per heavy atom. The van der Waals surface area contributed by atoms with Gasteiger partial charge in [-0.3, -0.25) is 4.57 Å². The summed E-state index contributed by atoms with van der Waals surface area (Å²) in [7, 11) is 1.61. The van der Waals surface area contributed by atoms with Crippen molar-refractivity contribution in [3.8, 4) is 5.75 Å². The summed E-state index contributed by atoms with van der Waals surface area (Å²) in [5.41, 5.74) is 6.67. The zero-order valence-corrected chi connectivity index (χ0v) is 15.3. The molecule has 4 atom stereocenters. The van der Waals surface area contributed by atoms with E-state index in [0.29, 0.717) is 16.9 Å². The average molecular weight is 389 g/mol. The van der Waals surface area contributed by atoms with Gasteiger partial charge in [0.15, 0.2) is 17.7 Å². The Balaban J connectivity index is 1.51. The van der Waals surface area contributed by atoms with Crippen LogP contribution in [0.15, 0.2) is 41.8 Å². The summed E-state index contributed by atoms with van der Waals surface area (Å²) in [6.45, 7) is 0. The van der Waals surface area contributed by atoms with Crippen LogP contribution in [0.4, 0.5) is 5.82 Å². The van der Waals surface area contributed by atoms with Crippen molar-refractivity contribution in [1.29, 1.82) is 0 Å². The first-order chi connectivity index (χ1) is 13.1. The molecule has 1 saturated heterocycles. The van der Waals surface area contributed by atoms with E-state index in [1.807, 2.05) is 24.3 Å². The van der Waals surface area contributed by atoms with Gasteiger partial charge in [0, 0.05) is 10.6 Å². The third-order valence-electron chi connectivity index (χ3n) is 4.45. The molecule has 0 spiro atoms. The highest BCUT2D eigenvalue weighted by molar-refractivity contribution is 7.99. The summed E-state index contributed by atoms with van der Waals surface area (Å²) in [5.74, 6) is 1.47. The van der Waals surface area contributed by atoms with Gasteiger partial charge in [-0.15, -0.1) is 11.8 Å². The average Bonchev–Trinajstić information content (AvgIpc) is 3.23. The van der Waals surface area contributed by atoms with Crippen LogP contribution in [0.3, 0.4) is 0 Å². The van der Waals surface area contributed by atoms with Gasteiger partial charge in [0.25, 0.3) is 0 Å². The molecule has 2 aromatic heterocycles. The fraction of sp³-hybridized carbons (Fsp3) is 0.353. The van der Waals surface area contributed by atoms with E-state index in [1.165, 1.54) is 24.4 Å². The number of methoxy groups -OCH3 is 1. The van der Waals surface area contributed by atoms with Crippen LogP contribution in [0, 0.1) is 0 Å². The number of nitrogen functional groups attached to an aromatic ring is 1. The number of aromatic nitrogens is 4. The molecular weight excluding hydrogens is 370 g/mol. The zero-order chi connectivity index (χ0) is 19.0. The van der Waals surface area contributed by atoms with E-state index in [4.69, 9.17) is 15.2 Å². The van der Waals surface area contributed by atoms with Gasteiger partial charge in [0.2, 0.25) is 0 Å². The molecule has 1 aliphatic heterocycles. The summed E-state index contributed by atoms with van der Waals surface area (Å²) in [6.07, 6.45) is -0.718. The molecule has 0 radical (unpaired) electrons.